The molecule has 1 fully saturated rings. The normalized spacial score (nSPS) is 17.6. The van der Waals surface area contributed by atoms with Gasteiger partial charge in [-0.3, -0.25) is 29.1 Å². The molecule has 0 aliphatic carbocycles. The summed E-state index contributed by atoms with van der Waals surface area (Å²) in [5.41, 5.74) is 3.18. The minimum Gasteiger partial charge on any atom is -0.348 e. The maximum absolute atomic E-state index is 13.3. The van der Waals surface area contributed by atoms with Crippen molar-refractivity contribution in [2.75, 3.05) is 72.0 Å². The first-order valence-corrected chi connectivity index (χ1v) is 17.2. The minimum atomic E-state index is -0.115. The first kappa shape index (κ1) is 36.7. The van der Waals surface area contributed by atoms with Crippen LogP contribution in [-0.4, -0.2) is 104 Å². The van der Waals surface area contributed by atoms with Gasteiger partial charge in [0.25, 0.3) is 0 Å². The van der Waals surface area contributed by atoms with E-state index in [9.17, 15) is 14.4 Å². The Kier molecular flexibility index (Phi) is 15.1. The number of rotatable bonds is 12. The van der Waals surface area contributed by atoms with Crippen LogP contribution in [0.4, 0.5) is 0 Å². The number of hydrogen-bond acceptors (Lipinski definition) is 7. The summed E-state index contributed by atoms with van der Waals surface area (Å²) in [4.78, 5) is 45.9. The lowest BCUT2D eigenvalue weighted by Crippen LogP contribution is -2.50. The van der Waals surface area contributed by atoms with E-state index >= 15 is 0 Å². The molecular formula is C38H53N7O3. The van der Waals surface area contributed by atoms with E-state index in [1.165, 1.54) is 0 Å². The fraction of sp³-hybridized carbons (Fsp3) is 0.447. The highest BCUT2D eigenvalue weighted by Crippen LogP contribution is 2.13. The molecule has 3 atom stereocenters. The molecule has 0 spiro atoms. The van der Waals surface area contributed by atoms with E-state index in [1.54, 1.807) is 0 Å². The number of carbonyl (C=O) groups is 3. The van der Waals surface area contributed by atoms with E-state index in [1.807, 2.05) is 112 Å². The van der Waals surface area contributed by atoms with Gasteiger partial charge in [-0.15, -0.1) is 0 Å². The van der Waals surface area contributed by atoms with Gasteiger partial charge in [-0.1, -0.05) is 91.0 Å². The number of benzene rings is 3. The Labute approximate surface area is 286 Å². The fourth-order valence-electron chi connectivity index (χ4n) is 5.92. The van der Waals surface area contributed by atoms with Gasteiger partial charge in [-0.05, 0) is 37.5 Å². The topological polar surface area (TPSA) is 109 Å². The summed E-state index contributed by atoms with van der Waals surface area (Å²) in [6.07, 6.45) is 0. The van der Waals surface area contributed by atoms with Gasteiger partial charge in [0.15, 0.2) is 0 Å². The molecule has 1 aliphatic rings. The van der Waals surface area contributed by atoms with Crippen molar-refractivity contribution in [3.8, 4) is 0 Å². The highest BCUT2D eigenvalue weighted by atomic mass is 16.2. The summed E-state index contributed by atoms with van der Waals surface area (Å²) in [6.45, 7) is 12.0. The van der Waals surface area contributed by atoms with Gasteiger partial charge in [0.1, 0.15) is 0 Å². The molecule has 1 aliphatic heterocycles. The van der Waals surface area contributed by atoms with Crippen LogP contribution >= 0.6 is 0 Å². The number of nitrogens with one attached hydrogen (secondary N) is 4. The van der Waals surface area contributed by atoms with E-state index in [0.717, 1.165) is 16.7 Å². The molecule has 258 valence electrons. The van der Waals surface area contributed by atoms with Crippen molar-refractivity contribution in [1.29, 1.82) is 0 Å². The summed E-state index contributed by atoms with van der Waals surface area (Å²) in [5.74, 6) is -0.107. The van der Waals surface area contributed by atoms with Gasteiger partial charge in [0, 0.05) is 52.4 Å². The lowest BCUT2D eigenvalue weighted by Gasteiger charge is -2.31. The van der Waals surface area contributed by atoms with E-state index in [2.05, 4.69) is 36.0 Å². The van der Waals surface area contributed by atoms with E-state index < -0.39 is 0 Å². The lowest BCUT2D eigenvalue weighted by molar-refractivity contribution is -0.125. The smallest absolute Gasteiger partial charge is 0.234 e. The first-order valence-electron chi connectivity index (χ1n) is 17.2. The summed E-state index contributed by atoms with van der Waals surface area (Å²) in [5, 5.41) is 12.9. The third-order valence-corrected chi connectivity index (χ3v) is 8.81. The van der Waals surface area contributed by atoms with Crippen molar-refractivity contribution in [3.05, 3.63) is 108 Å². The summed E-state index contributed by atoms with van der Waals surface area (Å²) in [7, 11) is 0. The average molecular weight is 656 g/mol. The van der Waals surface area contributed by atoms with E-state index in [4.69, 9.17) is 0 Å². The van der Waals surface area contributed by atoms with Crippen molar-refractivity contribution in [3.63, 3.8) is 0 Å². The van der Waals surface area contributed by atoms with Crippen LogP contribution in [0.1, 0.15) is 55.6 Å². The Morgan fingerprint density at radius 2 is 0.771 bits per heavy atom. The van der Waals surface area contributed by atoms with Crippen molar-refractivity contribution in [2.45, 2.75) is 38.9 Å². The van der Waals surface area contributed by atoms with E-state index in [0.29, 0.717) is 52.4 Å². The minimum absolute atomic E-state index is 0.0265. The van der Waals surface area contributed by atoms with Crippen LogP contribution < -0.4 is 21.3 Å². The zero-order valence-corrected chi connectivity index (χ0v) is 28.7. The Bertz CT molecular complexity index is 1320. The Balaban J connectivity index is 1.38. The van der Waals surface area contributed by atoms with E-state index in [-0.39, 0.29) is 55.5 Å². The molecule has 0 unspecified atom stereocenters. The maximum Gasteiger partial charge on any atom is 0.234 e. The number of nitrogens with zero attached hydrogens (tertiary/aromatic N) is 3. The highest BCUT2D eigenvalue weighted by Gasteiger charge is 2.21. The molecular weight excluding hydrogens is 602 g/mol. The highest BCUT2D eigenvalue weighted by molar-refractivity contribution is 5.79. The number of hydrogen-bond donors (Lipinski definition) is 4. The molecule has 1 heterocycles. The number of carbonyl (C=O) groups excluding carboxylic acids is 3. The lowest BCUT2D eigenvalue weighted by atomic mass is 10.1. The Hall–Kier alpha value is -4.09. The van der Waals surface area contributed by atoms with Gasteiger partial charge in [-0.25, -0.2) is 0 Å². The van der Waals surface area contributed by atoms with Gasteiger partial charge >= 0.3 is 0 Å². The second-order valence-corrected chi connectivity index (χ2v) is 12.7. The molecule has 4 rings (SSSR count). The zero-order chi connectivity index (χ0) is 34.1. The SMILES string of the molecule is C[C@H](NC(=O)CN1CCNCCN(CC(=O)N[C@@H](C)c2ccccc2)CCN(CC(=O)N[C@@H](C)c2ccccc2)CC1)c1ccccc1. The van der Waals surface area contributed by atoms with Crippen LogP contribution in [0.2, 0.25) is 0 Å². The summed E-state index contributed by atoms with van der Waals surface area (Å²) >= 11 is 0. The average Bonchev–Trinajstić information content (AvgIpc) is 3.09. The van der Waals surface area contributed by atoms with Gasteiger partial charge in [-0.2, -0.15) is 0 Å². The fourth-order valence-corrected chi connectivity index (χ4v) is 5.92. The molecule has 10 nitrogen and oxygen atoms in total. The van der Waals surface area contributed by atoms with Crippen LogP contribution in [0.5, 0.6) is 0 Å². The summed E-state index contributed by atoms with van der Waals surface area (Å²) in [6, 6.07) is 29.6. The van der Waals surface area contributed by atoms with Crippen molar-refractivity contribution < 1.29 is 14.4 Å². The molecule has 3 aromatic rings. The molecule has 0 radical (unpaired) electrons. The zero-order valence-electron chi connectivity index (χ0n) is 28.7. The van der Waals surface area contributed by atoms with Gasteiger partial charge in [0.05, 0.1) is 37.8 Å². The molecule has 10 heteroatoms. The third kappa shape index (κ3) is 12.8. The van der Waals surface area contributed by atoms with Crippen LogP contribution in [0.25, 0.3) is 0 Å². The first-order chi connectivity index (χ1) is 23.3. The largest absolute Gasteiger partial charge is 0.348 e. The molecule has 48 heavy (non-hydrogen) atoms. The van der Waals surface area contributed by atoms with Crippen LogP contribution in [0, 0.1) is 0 Å². The third-order valence-electron chi connectivity index (χ3n) is 8.81. The van der Waals surface area contributed by atoms with Crippen molar-refractivity contribution >= 4 is 17.7 Å². The predicted molar refractivity (Wildman–Crippen MR) is 191 cm³/mol. The molecule has 3 aromatic carbocycles. The maximum atomic E-state index is 13.3. The van der Waals surface area contributed by atoms with Crippen molar-refractivity contribution in [2.24, 2.45) is 0 Å². The molecule has 1 saturated heterocycles. The molecule has 4 N–H and O–H groups in total. The Morgan fingerprint density at radius 3 is 1.06 bits per heavy atom. The van der Waals surface area contributed by atoms with Crippen LogP contribution in [0.15, 0.2) is 91.0 Å². The van der Waals surface area contributed by atoms with Crippen molar-refractivity contribution in [1.82, 2.24) is 36.0 Å². The molecule has 0 saturated carbocycles. The standard InChI is InChI=1S/C38H53N7O3/c1-30(33-13-7-4-8-14-33)40-36(46)27-43-21-19-39-20-22-44(28-37(47)41-31(2)34-15-9-5-10-16-34)24-26-45(25-23-43)29-38(48)42-32(3)35-17-11-6-12-18-35/h4-18,30-32,39H,19-29H2,1-3H3,(H,40,46)(H,41,47)(H,42,48)/t30-,31-,32-/m0/s1. The van der Waals surface area contributed by atoms with Crippen LogP contribution in [0.3, 0.4) is 0 Å². The second kappa shape index (κ2) is 19.7. The molecule has 0 bridgehead atoms. The summed E-state index contributed by atoms with van der Waals surface area (Å²) < 4.78 is 0. The monoisotopic (exact) mass is 655 g/mol. The predicted octanol–water partition coefficient (Wildman–Crippen LogP) is 3.13. The number of amides is 3. The second-order valence-electron chi connectivity index (χ2n) is 12.7. The Morgan fingerprint density at radius 1 is 0.500 bits per heavy atom. The molecule has 3 amide bonds. The van der Waals surface area contributed by atoms with Gasteiger partial charge in [0.2, 0.25) is 17.7 Å². The van der Waals surface area contributed by atoms with Crippen LogP contribution in [-0.2, 0) is 14.4 Å². The molecule has 0 aromatic heterocycles. The quantitative estimate of drug-likeness (QED) is 0.238. The van der Waals surface area contributed by atoms with Gasteiger partial charge < -0.3 is 21.3 Å².